The second-order valence-electron chi connectivity index (χ2n) is 5.38. The number of H-pyrrole nitrogens is 1. The van der Waals surface area contributed by atoms with Crippen LogP contribution in [0.1, 0.15) is 35.4 Å². The third-order valence-corrected chi connectivity index (χ3v) is 4.36. The molecule has 1 fully saturated rings. The van der Waals surface area contributed by atoms with E-state index in [1.165, 1.54) is 0 Å². The van der Waals surface area contributed by atoms with Gasteiger partial charge in [0.2, 0.25) is 10.0 Å². The van der Waals surface area contributed by atoms with Crippen LogP contribution >= 0.6 is 0 Å². The molecule has 2 heterocycles. The van der Waals surface area contributed by atoms with E-state index in [0.29, 0.717) is 17.9 Å². The van der Waals surface area contributed by atoms with Crippen LogP contribution in [-0.2, 0) is 10.0 Å². The van der Waals surface area contributed by atoms with Gasteiger partial charge in [0, 0.05) is 19.1 Å². The maximum atomic E-state index is 12.6. The maximum Gasteiger partial charge on any atom is 0.276 e. The predicted octanol–water partition coefficient (Wildman–Crippen LogP) is -0.156. The standard InChI is InChI=1S/C12H21N5O3S/c1-8-10(13)11(16-15-8)12(18)17-6-4-3-5-9(17)7-14-21(2,19)20/h9,14H,3-7,13H2,1-2H3,(H,15,16). The van der Waals surface area contributed by atoms with E-state index in [0.717, 1.165) is 25.5 Å². The first kappa shape index (κ1) is 15.8. The number of aromatic nitrogens is 2. The molecule has 0 radical (unpaired) electrons. The Morgan fingerprint density at radius 2 is 2.24 bits per heavy atom. The van der Waals surface area contributed by atoms with Gasteiger partial charge in [0.25, 0.3) is 5.91 Å². The fourth-order valence-corrected chi connectivity index (χ4v) is 2.96. The number of carbonyl (C=O) groups excluding carboxylic acids is 1. The number of sulfonamides is 1. The second-order valence-corrected chi connectivity index (χ2v) is 7.21. The topological polar surface area (TPSA) is 121 Å². The van der Waals surface area contributed by atoms with E-state index in [1.807, 2.05) is 0 Å². The molecular formula is C12H21N5O3S. The molecule has 0 saturated carbocycles. The number of aryl methyl sites for hydroxylation is 1. The Hall–Kier alpha value is -1.61. The number of aromatic amines is 1. The molecule has 1 unspecified atom stereocenters. The number of rotatable bonds is 4. The largest absolute Gasteiger partial charge is 0.395 e. The molecule has 4 N–H and O–H groups in total. The molecule has 1 amide bonds. The Morgan fingerprint density at radius 1 is 1.52 bits per heavy atom. The van der Waals surface area contributed by atoms with Gasteiger partial charge in [-0.15, -0.1) is 0 Å². The van der Waals surface area contributed by atoms with Crippen molar-refractivity contribution in [2.75, 3.05) is 25.1 Å². The molecule has 0 aromatic carbocycles. The van der Waals surface area contributed by atoms with Crippen molar-refractivity contribution in [2.45, 2.75) is 32.2 Å². The minimum absolute atomic E-state index is 0.169. The fourth-order valence-electron chi connectivity index (χ4n) is 2.46. The van der Waals surface area contributed by atoms with E-state index in [4.69, 9.17) is 5.73 Å². The summed E-state index contributed by atoms with van der Waals surface area (Å²) in [5, 5.41) is 6.65. The van der Waals surface area contributed by atoms with Crippen molar-refractivity contribution in [1.82, 2.24) is 19.8 Å². The van der Waals surface area contributed by atoms with Crippen molar-refractivity contribution in [3.63, 3.8) is 0 Å². The van der Waals surface area contributed by atoms with Crippen LogP contribution in [0.2, 0.25) is 0 Å². The summed E-state index contributed by atoms with van der Waals surface area (Å²) in [6.07, 6.45) is 3.73. The van der Waals surface area contributed by atoms with Crippen LogP contribution in [0, 0.1) is 6.92 Å². The molecule has 1 aliphatic rings. The summed E-state index contributed by atoms with van der Waals surface area (Å²) in [5.74, 6) is -0.253. The lowest BCUT2D eigenvalue weighted by molar-refractivity contribution is 0.0613. The quantitative estimate of drug-likeness (QED) is 0.713. The lowest BCUT2D eigenvalue weighted by Gasteiger charge is -2.35. The number of amides is 1. The molecule has 2 rings (SSSR count). The highest BCUT2D eigenvalue weighted by molar-refractivity contribution is 7.88. The number of likely N-dealkylation sites (tertiary alicyclic amines) is 1. The van der Waals surface area contributed by atoms with E-state index < -0.39 is 10.0 Å². The first-order chi connectivity index (χ1) is 9.79. The molecule has 1 atom stereocenters. The zero-order valence-electron chi connectivity index (χ0n) is 12.2. The van der Waals surface area contributed by atoms with Gasteiger partial charge in [0.15, 0.2) is 5.69 Å². The number of anilines is 1. The molecule has 1 aromatic heterocycles. The molecule has 0 aliphatic carbocycles. The first-order valence-electron chi connectivity index (χ1n) is 6.85. The van der Waals surface area contributed by atoms with E-state index in [2.05, 4.69) is 14.9 Å². The molecule has 1 aliphatic heterocycles. The van der Waals surface area contributed by atoms with Gasteiger partial charge < -0.3 is 10.6 Å². The van der Waals surface area contributed by atoms with E-state index in [9.17, 15) is 13.2 Å². The number of piperidine rings is 1. The molecule has 118 valence electrons. The first-order valence-corrected chi connectivity index (χ1v) is 8.75. The fraction of sp³-hybridized carbons (Fsp3) is 0.667. The van der Waals surface area contributed by atoms with Gasteiger partial charge in [-0.1, -0.05) is 0 Å². The van der Waals surface area contributed by atoms with Crippen molar-refractivity contribution in [3.8, 4) is 0 Å². The normalized spacial score (nSPS) is 19.7. The van der Waals surface area contributed by atoms with Gasteiger partial charge in [-0.25, -0.2) is 13.1 Å². The van der Waals surface area contributed by atoms with E-state index >= 15 is 0 Å². The molecule has 0 spiro atoms. The number of hydrogen-bond donors (Lipinski definition) is 3. The van der Waals surface area contributed by atoms with Crippen molar-refractivity contribution in [3.05, 3.63) is 11.4 Å². The van der Waals surface area contributed by atoms with Crippen molar-refractivity contribution >= 4 is 21.6 Å². The summed E-state index contributed by atoms with van der Waals surface area (Å²) in [6.45, 7) is 2.55. The molecule has 8 nitrogen and oxygen atoms in total. The minimum Gasteiger partial charge on any atom is -0.395 e. The highest BCUT2D eigenvalue weighted by Crippen LogP contribution is 2.22. The Balaban J connectivity index is 2.14. The number of nitrogens with one attached hydrogen (secondary N) is 2. The van der Waals surface area contributed by atoms with Crippen LogP contribution < -0.4 is 10.5 Å². The summed E-state index contributed by atoms with van der Waals surface area (Å²) in [5.41, 5.74) is 7.05. The number of hydrogen-bond acceptors (Lipinski definition) is 5. The third-order valence-electron chi connectivity index (χ3n) is 3.67. The number of carbonyl (C=O) groups is 1. The summed E-state index contributed by atoms with van der Waals surface area (Å²) < 4.78 is 24.9. The highest BCUT2D eigenvalue weighted by atomic mass is 32.2. The summed E-state index contributed by atoms with van der Waals surface area (Å²) in [7, 11) is -3.28. The zero-order valence-corrected chi connectivity index (χ0v) is 13.0. The molecular weight excluding hydrogens is 294 g/mol. The molecule has 9 heteroatoms. The highest BCUT2D eigenvalue weighted by Gasteiger charge is 2.30. The lowest BCUT2D eigenvalue weighted by atomic mass is 10.0. The lowest BCUT2D eigenvalue weighted by Crippen LogP contribution is -2.49. The average Bonchev–Trinajstić information content (AvgIpc) is 2.76. The van der Waals surface area contributed by atoms with Gasteiger partial charge in [-0.05, 0) is 26.2 Å². The van der Waals surface area contributed by atoms with E-state index in [1.54, 1.807) is 11.8 Å². The predicted molar refractivity (Wildman–Crippen MR) is 79.3 cm³/mol. The Bertz CT molecular complexity index is 625. The molecule has 1 saturated heterocycles. The van der Waals surface area contributed by atoms with Crippen LogP contribution in [0.3, 0.4) is 0 Å². The number of nitrogens with zero attached hydrogens (tertiary/aromatic N) is 2. The van der Waals surface area contributed by atoms with Crippen molar-refractivity contribution in [2.24, 2.45) is 0 Å². The van der Waals surface area contributed by atoms with Gasteiger partial charge >= 0.3 is 0 Å². The van der Waals surface area contributed by atoms with Gasteiger partial charge in [-0.3, -0.25) is 9.89 Å². The van der Waals surface area contributed by atoms with Gasteiger partial charge in [0.05, 0.1) is 17.6 Å². The summed E-state index contributed by atoms with van der Waals surface area (Å²) >= 11 is 0. The molecule has 1 aromatic rings. The third kappa shape index (κ3) is 3.73. The van der Waals surface area contributed by atoms with E-state index in [-0.39, 0.29) is 24.2 Å². The Morgan fingerprint density at radius 3 is 2.81 bits per heavy atom. The monoisotopic (exact) mass is 315 g/mol. The smallest absolute Gasteiger partial charge is 0.276 e. The van der Waals surface area contributed by atoms with Gasteiger partial charge in [0.1, 0.15) is 0 Å². The maximum absolute atomic E-state index is 12.6. The Labute approximate surface area is 124 Å². The second kappa shape index (κ2) is 6.02. The van der Waals surface area contributed by atoms with Crippen LogP contribution in [0.4, 0.5) is 5.69 Å². The summed E-state index contributed by atoms with van der Waals surface area (Å²) in [4.78, 5) is 14.2. The van der Waals surface area contributed by atoms with Crippen LogP contribution in [-0.4, -0.2) is 54.8 Å². The zero-order chi connectivity index (χ0) is 15.6. The van der Waals surface area contributed by atoms with Crippen molar-refractivity contribution < 1.29 is 13.2 Å². The molecule has 0 bridgehead atoms. The Kier molecular flexibility index (Phi) is 4.52. The van der Waals surface area contributed by atoms with Crippen LogP contribution in [0.15, 0.2) is 0 Å². The number of nitrogens with two attached hydrogens (primary N) is 1. The SMILES string of the molecule is Cc1[nH]nc(C(=O)N2CCCCC2CNS(C)(=O)=O)c1N. The van der Waals surface area contributed by atoms with Crippen LogP contribution in [0.25, 0.3) is 0 Å². The van der Waals surface area contributed by atoms with Crippen molar-refractivity contribution in [1.29, 1.82) is 0 Å². The van der Waals surface area contributed by atoms with Gasteiger partial charge in [-0.2, -0.15) is 5.10 Å². The summed E-state index contributed by atoms with van der Waals surface area (Å²) in [6, 6.07) is -0.169. The van der Waals surface area contributed by atoms with Crippen LogP contribution in [0.5, 0.6) is 0 Å². The average molecular weight is 315 g/mol. The number of nitrogen functional groups attached to an aromatic ring is 1. The minimum atomic E-state index is -3.28. The molecule has 21 heavy (non-hydrogen) atoms.